The molecule has 0 radical (unpaired) electrons. The molecule has 7 N–H and O–H groups in total. The Morgan fingerprint density at radius 2 is 1.32 bits per heavy atom. The van der Waals surface area contributed by atoms with Crippen molar-refractivity contribution in [1.29, 1.82) is 21.6 Å². The minimum Gasteiger partial charge on any atom is -0.463 e. The van der Waals surface area contributed by atoms with Gasteiger partial charge >= 0.3 is 11.9 Å². The first-order chi connectivity index (χ1) is 22.4. The van der Waals surface area contributed by atoms with Crippen LogP contribution < -0.4 is 21.1 Å². The van der Waals surface area contributed by atoms with Gasteiger partial charge in [-0.1, -0.05) is 0 Å². The summed E-state index contributed by atoms with van der Waals surface area (Å²) in [6.45, 7) is 3.49. The molecule has 2 atom stereocenters. The molecule has 2 aromatic heterocycles. The molecular weight excluding hydrogens is 604 g/mol. The number of methoxy groups -OCH3 is 1. The summed E-state index contributed by atoms with van der Waals surface area (Å²) in [5.41, 5.74) is 16.4. The summed E-state index contributed by atoms with van der Waals surface area (Å²) >= 11 is 0. The third-order valence-electron chi connectivity index (χ3n) is 8.92. The summed E-state index contributed by atoms with van der Waals surface area (Å²) in [6, 6.07) is 4.53. The molecule has 0 saturated carbocycles. The molecule has 6 rings (SSSR count). The van der Waals surface area contributed by atoms with Gasteiger partial charge in [-0.05, 0) is 76.0 Å². The standard InChI is InChI=1S/C16H20N4O2.C15H20N6O.H2N2.H2O.H2/c1-22-16(21)14-18-13-6-2-5-12(13)15(19-14)20-9-3-4-11(10-20)7-8-17;16-7-6-10-3-2-8-21(9-10)14-11-4-1-5-12(11)18-13(19-14)15(22)20-17;1-2;;/h11H,2-7,9-10H2,1H3;10H,1-6,8-9,17H2,(H,20,22);1-2H;1H2;1H/t11-;10-;;;/m00.../s1. The Kier molecular flexibility index (Phi) is 13.9. The van der Waals surface area contributed by atoms with Gasteiger partial charge in [0, 0.05) is 57.3 Å². The molecule has 2 aliphatic carbocycles. The summed E-state index contributed by atoms with van der Waals surface area (Å²) in [5, 5.41) is 17.8. The zero-order chi connectivity index (χ0) is 33.1. The SMILES string of the molecule is COC(=O)c1nc2c(c(N3CCC[C@@H](CC#N)C3)n1)CCC2.N#CC[C@@H]1CCCN(c2nc(C(=O)NN)nc3c2CCC3)C1.N=N.O.[HH]. The van der Waals surface area contributed by atoms with Crippen LogP contribution in [0.3, 0.4) is 0 Å². The summed E-state index contributed by atoms with van der Waals surface area (Å²) in [4.78, 5) is 45.7. The van der Waals surface area contributed by atoms with Gasteiger partial charge in [0.15, 0.2) is 0 Å². The number of hydrogen-bond acceptors (Lipinski definition) is 14. The van der Waals surface area contributed by atoms with Crippen LogP contribution >= 0.6 is 0 Å². The van der Waals surface area contributed by atoms with Gasteiger partial charge in [0.05, 0.1) is 24.9 Å². The van der Waals surface area contributed by atoms with E-state index < -0.39 is 11.9 Å². The van der Waals surface area contributed by atoms with Crippen LogP contribution in [0.5, 0.6) is 0 Å². The van der Waals surface area contributed by atoms with Gasteiger partial charge < -0.3 is 20.0 Å². The van der Waals surface area contributed by atoms with Crippen LogP contribution in [0.15, 0.2) is 0 Å². The van der Waals surface area contributed by atoms with Crippen LogP contribution in [0, 0.1) is 45.6 Å². The van der Waals surface area contributed by atoms with Gasteiger partial charge in [0.25, 0.3) is 0 Å². The number of nitriles is 2. The monoisotopic (exact) mass is 650 g/mol. The molecule has 2 saturated heterocycles. The van der Waals surface area contributed by atoms with Crippen LogP contribution in [0.2, 0.25) is 0 Å². The number of fused-ring (bicyclic) bond motifs is 2. The second kappa shape index (κ2) is 17.8. The van der Waals surface area contributed by atoms with Crippen molar-refractivity contribution in [3.8, 4) is 12.1 Å². The quantitative estimate of drug-likeness (QED) is 0.115. The largest absolute Gasteiger partial charge is 0.463 e. The van der Waals surface area contributed by atoms with Gasteiger partial charge in [-0.25, -0.2) is 41.6 Å². The highest BCUT2D eigenvalue weighted by atomic mass is 16.5. The maximum absolute atomic E-state index is 11.8. The lowest BCUT2D eigenvalue weighted by Gasteiger charge is -2.33. The third kappa shape index (κ3) is 8.72. The molecule has 16 nitrogen and oxygen atoms in total. The van der Waals surface area contributed by atoms with E-state index in [1.54, 1.807) is 0 Å². The van der Waals surface area contributed by atoms with E-state index in [9.17, 15) is 9.59 Å². The van der Waals surface area contributed by atoms with E-state index >= 15 is 0 Å². The fourth-order valence-corrected chi connectivity index (χ4v) is 6.80. The number of ether oxygens (including phenoxy) is 1. The predicted molar refractivity (Wildman–Crippen MR) is 173 cm³/mol. The number of piperidine rings is 2. The van der Waals surface area contributed by atoms with E-state index in [1.165, 1.54) is 12.7 Å². The first-order valence-corrected chi connectivity index (χ1v) is 15.8. The molecule has 2 aliphatic heterocycles. The zero-order valence-electron chi connectivity index (χ0n) is 26.8. The number of nitrogens with one attached hydrogen (secondary N) is 3. The number of nitrogens with two attached hydrogens (primary N) is 1. The normalized spacial score (nSPS) is 19.1. The van der Waals surface area contributed by atoms with E-state index in [0.717, 1.165) is 119 Å². The Morgan fingerprint density at radius 3 is 1.77 bits per heavy atom. The number of rotatable bonds is 6. The van der Waals surface area contributed by atoms with Crippen molar-refractivity contribution in [2.45, 2.75) is 77.0 Å². The van der Waals surface area contributed by atoms with Gasteiger partial charge in [-0.2, -0.15) is 10.5 Å². The molecule has 47 heavy (non-hydrogen) atoms. The van der Waals surface area contributed by atoms with Crippen molar-refractivity contribution in [3.63, 3.8) is 0 Å². The molecule has 0 aromatic carbocycles. The maximum atomic E-state index is 11.8. The van der Waals surface area contributed by atoms with E-state index in [0.29, 0.717) is 24.7 Å². The predicted octanol–water partition coefficient (Wildman–Crippen LogP) is 2.60. The van der Waals surface area contributed by atoms with Crippen molar-refractivity contribution in [2.24, 2.45) is 17.7 Å². The molecule has 2 aromatic rings. The Labute approximate surface area is 275 Å². The Balaban J connectivity index is 0.000000305. The zero-order valence-corrected chi connectivity index (χ0v) is 26.8. The van der Waals surface area contributed by atoms with Crippen molar-refractivity contribution < 1.29 is 21.2 Å². The number of anilines is 2. The molecule has 1 amide bonds. The number of carbonyl (C=O) groups is 2. The summed E-state index contributed by atoms with van der Waals surface area (Å²) < 4.78 is 4.77. The first kappa shape index (κ1) is 36.7. The lowest BCUT2D eigenvalue weighted by atomic mass is 9.95. The number of amides is 1. The van der Waals surface area contributed by atoms with Gasteiger partial charge in [-0.3, -0.25) is 10.2 Å². The minimum atomic E-state index is -0.485. The molecule has 4 heterocycles. The smallest absolute Gasteiger partial charge is 0.376 e. The molecule has 16 heteroatoms. The number of aryl methyl sites for hydroxylation is 2. The van der Waals surface area contributed by atoms with Gasteiger partial charge in [0.1, 0.15) is 11.6 Å². The second-order valence-corrected chi connectivity index (χ2v) is 11.9. The number of hydrazine groups is 1. The number of esters is 1. The number of carbonyl (C=O) groups excluding carboxylic acids is 2. The van der Waals surface area contributed by atoms with Crippen LogP contribution in [-0.4, -0.2) is 70.6 Å². The third-order valence-corrected chi connectivity index (χ3v) is 8.92. The van der Waals surface area contributed by atoms with E-state index in [2.05, 4.69) is 47.3 Å². The molecule has 4 aliphatic rings. The Hall–Kier alpha value is -4.80. The Bertz CT molecular complexity index is 1390. The van der Waals surface area contributed by atoms with Crippen molar-refractivity contribution in [2.75, 3.05) is 43.1 Å². The van der Waals surface area contributed by atoms with Gasteiger partial charge in [0.2, 0.25) is 11.6 Å². The highest BCUT2D eigenvalue weighted by molar-refractivity contribution is 5.90. The van der Waals surface area contributed by atoms with Crippen LogP contribution in [0.1, 0.15) is 96.5 Å². The molecule has 0 spiro atoms. The highest BCUT2D eigenvalue weighted by Gasteiger charge is 2.30. The van der Waals surface area contributed by atoms with Crippen LogP contribution in [-0.2, 0) is 30.4 Å². The second-order valence-electron chi connectivity index (χ2n) is 11.9. The Morgan fingerprint density at radius 1 is 0.851 bits per heavy atom. The topological polar surface area (TPSA) is 266 Å². The average Bonchev–Trinajstić information content (AvgIpc) is 3.78. The number of nitrogen functional groups attached to an aromatic ring is 1. The first-order valence-electron chi connectivity index (χ1n) is 15.8. The van der Waals surface area contributed by atoms with Crippen molar-refractivity contribution >= 4 is 23.5 Å². The van der Waals surface area contributed by atoms with E-state index in [-0.39, 0.29) is 18.6 Å². The van der Waals surface area contributed by atoms with E-state index in [1.807, 2.05) is 0 Å². The van der Waals surface area contributed by atoms with Crippen molar-refractivity contribution in [3.05, 3.63) is 34.2 Å². The fourth-order valence-electron chi connectivity index (χ4n) is 6.80. The van der Waals surface area contributed by atoms with Crippen molar-refractivity contribution in [1.82, 2.24) is 25.4 Å². The van der Waals surface area contributed by atoms with Crippen LogP contribution in [0.25, 0.3) is 0 Å². The summed E-state index contributed by atoms with van der Waals surface area (Å²) in [5.74, 6) is 7.06. The lowest BCUT2D eigenvalue weighted by molar-refractivity contribution is 0.0586. The molecule has 0 bridgehead atoms. The minimum absolute atomic E-state index is 0. The maximum Gasteiger partial charge on any atom is 0.376 e. The molecular formula is C31H46N12O4. The van der Waals surface area contributed by atoms with Gasteiger partial charge in [-0.15, -0.1) is 0 Å². The lowest BCUT2D eigenvalue weighted by Crippen LogP contribution is -2.38. The molecule has 0 unspecified atom stereocenters. The summed E-state index contributed by atoms with van der Waals surface area (Å²) in [7, 11) is 1.35. The number of aromatic nitrogens is 4. The fraction of sp³-hybridized carbons (Fsp3) is 0.613. The molecule has 254 valence electrons. The number of nitrogens with zero attached hydrogens (tertiary/aromatic N) is 8. The summed E-state index contributed by atoms with van der Waals surface area (Å²) in [6.07, 6.45) is 11.2. The van der Waals surface area contributed by atoms with E-state index in [4.69, 9.17) is 32.2 Å². The number of hydrogen-bond donors (Lipinski definition) is 4. The highest BCUT2D eigenvalue weighted by Crippen LogP contribution is 2.33. The molecule has 2 fully saturated rings. The van der Waals surface area contributed by atoms with Crippen LogP contribution in [0.4, 0.5) is 11.6 Å². The average molecular weight is 651 g/mol.